The standard InChI is InChI=1S/C50H30N4O2/c1-3-13-31(14-4-1)35-17-11-19-37(29-35)44-48-46(40-22-8-10-24-42(40)56-48)53-49(52-44)34-27-25-33(26-28-34)43-47-45(39-21-7-9-23-41(39)55-47)54-50(51-43)38-20-12-18-36(30-38)32-15-5-2-6-16-32/h1-30H. The van der Waals surface area contributed by atoms with E-state index in [-0.39, 0.29) is 0 Å². The molecule has 4 aromatic heterocycles. The first-order valence-electron chi connectivity index (χ1n) is 18.5. The van der Waals surface area contributed by atoms with Gasteiger partial charge in [0.1, 0.15) is 33.6 Å². The minimum absolute atomic E-state index is 0.603. The molecular formula is C50H30N4O2. The Kier molecular flexibility index (Phi) is 7.38. The molecule has 11 rings (SSSR count). The number of fused-ring (bicyclic) bond motifs is 6. The van der Waals surface area contributed by atoms with E-state index in [4.69, 9.17) is 28.8 Å². The molecule has 11 aromatic rings. The molecular weight excluding hydrogens is 689 g/mol. The lowest BCUT2D eigenvalue weighted by atomic mass is 10.0. The highest BCUT2D eigenvalue weighted by atomic mass is 16.3. The fourth-order valence-corrected chi connectivity index (χ4v) is 7.55. The van der Waals surface area contributed by atoms with Crippen molar-refractivity contribution >= 4 is 44.1 Å². The molecule has 56 heavy (non-hydrogen) atoms. The summed E-state index contributed by atoms with van der Waals surface area (Å²) in [6, 6.07) is 61.8. The first kappa shape index (κ1) is 31.8. The largest absolute Gasteiger partial charge is 0.452 e. The summed E-state index contributed by atoms with van der Waals surface area (Å²) in [7, 11) is 0. The van der Waals surface area contributed by atoms with Gasteiger partial charge >= 0.3 is 0 Å². The Bertz CT molecular complexity index is 3240. The molecule has 4 heterocycles. The average molecular weight is 719 g/mol. The molecule has 0 saturated heterocycles. The molecule has 0 saturated carbocycles. The Morgan fingerprint density at radius 1 is 0.286 bits per heavy atom. The van der Waals surface area contributed by atoms with Gasteiger partial charge in [0, 0.05) is 33.0 Å². The lowest BCUT2D eigenvalue weighted by Crippen LogP contribution is -1.96. The van der Waals surface area contributed by atoms with Crippen molar-refractivity contribution in [1.29, 1.82) is 0 Å². The normalized spacial score (nSPS) is 11.6. The number of hydrogen-bond acceptors (Lipinski definition) is 6. The molecule has 0 N–H and O–H groups in total. The smallest absolute Gasteiger partial charge is 0.180 e. The molecule has 7 aromatic carbocycles. The Labute approximate surface area is 321 Å². The molecule has 6 heteroatoms. The molecule has 0 fully saturated rings. The molecule has 0 aliphatic heterocycles. The van der Waals surface area contributed by atoms with Crippen LogP contribution in [0.4, 0.5) is 0 Å². The summed E-state index contributed by atoms with van der Waals surface area (Å²) < 4.78 is 12.9. The minimum atomic E-state index is 0.603. The van der Waals surface area contributed by atoms with Crippen LogP contribution in [-0.4, -0.2) is 19.9 Å². The van der Waals surface area contributed by atoms with Crippen LogP contribution in [0.3, 0.4) is 0 Å². The van der Waals surface area contributed by atoms with Crippen LogP contribution >= 0.6 is 0 Å². The second-order valence-corrected chi connectivity index (χ2v) is 13.8. The molecule has 0 aliphatic rings. The van der Waals surface area contributed by atoms with Gasteiger partial charge in [-0.2, -0.15) is 0 Å². The highest BCUT2D eigenvalue weighted by Crippen LogP contribution is 2.39. The number of benzene rings is 7. The molecule has 0 aliphatic carbocycles. The summed E-state index contributed by atoms with van der Waals surface area (Å²) in [5.74, 6) is 1.23. The predicted octanol–water partition coefficient (Wildman–Crippen LogP) is 13.1. The lowest BCUT2D eigenvalue weighted by molar-refractivity contribution is 0.667. The fraction of sp³-hybridized carbons (Fsp3) is 0. The van der Waals surface area contributed by atoms with E-state index >= 15 is 0 Å². The molecule has 0 atom stereocenters. The van der Waals surface area contributed by atoms with Crippen molar-refractivity contribution in [3.8, 4) is 67.5 Å². The van der Waals surface area contributed by atoms with E-state index < -0.39 is 0 Å². The van der Waals surface area contributed by atoms with Crippen molar-refractivity contribution in [2.24, 2.45) is 0 Å². The van der Waals surface area contributed by atoms with Gasteiger partial charge in [0.15, 0.2) is 22.8 Å². The van der Waals surface area contributed by atoms with Crippen LogP contribution in [0.25, 0.3) is 112 Å². The number of nitrogens with zero attached hydrogens (tertiary/aromatic N) is 4. The number of rotatable bonds is 6. The molecule has 0 unspecified atom stereocenters. The monoisotopic (exact) mass is 718 g/mol. The van der Waals surface area contributed by atoms with Gasteiger partial charge in [-0.05, 0) is 58.7 Å². The third kappa shape index (κ3) is 5.43. The van der Waals surface area contributed by atoms with Gasteiger partial charge in [-0.25, -0.2) is 19.9 Å². The number of hydrogen-bond donors (Lipinski definition) is 0. The summed E-state index contributed by atoms with van der Waals surface area (Å²) in [5.41, 5.74) is 14.0. The van der Waals surface area contributed by atoms with E-state index in [2.05, 4.69) is 121 Å². The van der Waals surface area contributed by atoms with Crippen molar-refractivity contribution in [3.05, 3.63) is 182 Å². The second kappa shape index (κ2) is 13.0. The van der Waals surface area contributed by atoms with Crippen molar-refractivity contribution < 1.29 is 8.83 Å². The summed E-state index contributed by atoms with van der Waals surface area (Å²) in [5, 5.41) is 1.89. The Morgan fingerprint density at radius 2 is 0.696 bits per heavy atom. The zero-order chi connectivity index (χ0) is 37.0. The molecule has 262 valence electrons. The van der Waals surface area contributed by atoms with Crippen molar-refractivity contribution in [1.82, 2.24) is 19.9 Å². The van der Waals surface area contributed by atoms with Crippen molar-refractivity contribution in [2.45, 2.75) is 0 Å². The Hall–Kier alpha value is -7.70. The Balaban J connectivity index is 1.05. The summed E-state index contributed by atoms with van der Waals surface area (Å²) in [6.07, 6.45) is 0. The maximum absolute atomic E-state index is 6.46. The van der Waals surface area contributed by atoms with Crippen LogP contribution in [0.2, 0.25) is 0 Å². The van der Waals surface area contributed by atoms with Crippen LogP contribution < -0.4 is 0 Å². The zero-order valence-electron chi connectivity index (χ0n) is 29.9. The third-order valence-corrected chi connectivity index (χ3v) is 10.3. The first-order valence-corrected chi connectivity index (χ1v) is 18.5. The molecule has 0 amide bonds. The van der Waals surface area contributed by atoms with Gasteiger partial charge in [-0.3, -0.25) is 0 Å². The van der Waals surface area contributed by atoms with E-state index in [1.807, 2.05) is 60.7 Å². The maximum Gasteiger partial charge on any atom is 0.180 e. The number of para-hydroxylation sites is 2. The fourth-order valence-electron chi connectivity index (χ4n) is 7.55. The van der Waals surface area contributed by atoms with Gasteiger partial charge in [0.05, 0.1) is 0 Å². The van der Waals surface area contributed by atoms with Crippen LogP contribution in [0.15, 0.2) is 191 Å². The third-order valence-electron chi connectivity index (χ3n) is 10.3. The lowest BCUT2D eigenvalue weighted by Gasteiger charge is -2.10. The first-order chi connectivity index (χ1) is 27.7. The summed E-state index contributed by atoms with van der Waals surface area (Å²) in [4.78, 5) is 20.6. The molecule has 0 bridgehead atoms. The van der Waals surface area contributed by atoms with Gasteiger partial charge in [-0.1, -0.05) is 146 Å². The van der Waals surface area contributed by atoms with Crippen molar-refractivity contribution in [3.63, 3.8) is 0 Å². The van der Waals surface area contributed by atoms with E-state index in [9.17, 15) is 0 Å². The number of aromatic nitrogens is 4. The topological polar surface area (TPSA) is 77.8 Å². The Morgan fingerprint density at radius 3 is 1.27 bits per heavy atom. The van der Waals surface area contributed by atoms with E-state index in [0.717, 1.165) is 83.2 Å². The van der Waals surface area contributed by atoms with E-state index in [0.29, 0.717) is 28.5 Å². The van der Waals surface area contributed by atoms with Crippen LogP contribution in [0, 0.1) is 0 Å². The minimum Gasteiger partial charge on any atom is -0.452 e. The van der Waals surface area contributed by atoms with E-state index in [1.54, 1.807) is 0 Å². The molecule has 0 spiro atoms. The quantitative estimate of drug-likeness (QED) is 0.170. The van der Waals surface area contributed by atoms with Crippen molar-refractivity contribution in [2.75, 3.05) is 0 Å². The average Bonchev–Trinajstić information content (AvgIpc) is 3.85. The van der Waals surface area contributed by atoms with Gasteiger partial charge in [-0.15, -0.1) is 0 Å². The van der Waals surface area contributed by atoms with Crippen LogP contribution in [0.1, 0.15) is 0 Å². The molecule has 0 radical (unpaired) electrons. The van der Waals surface area contributed by atoms with Crippen LogP contribution in [-0.2, 0) is 0 Å². The highest BCUT2D eigenvalue weighted by molar-refractivity contribution is 6.08. The zero-order valence-corrected chi connectivity index (χ0v) is 29.9. The van der Waals surface area contributed by atoms with Crippen LogP contribution in [0.5, 0.6) is 0 Å². The summed E-state index contributed by atoms with van der Waals surface area (Å²) in [6.45, 7) is 0. The summed E-state index contributed by atoms with van der Waals surface area (Å²) >= 11 is 0. The highest BCUT2D eigenvalue weighted by Gasteiger charge is 2.21. The van der Waals surface area contributed by atoms with Gasteiger partial charge in [0.25, 0.3) is 0 Å². The predicted molar refractivity (Wildman–Crippen MR) is 225 cm³/mol. The number of furan rings is 2. The van der Waals surface area contributed by atoms with Gasteiger partial charge < -0.3 is 8.83 Å². The molecule has 6 nitrogen and oxygen atoms in total. The SMILES string of the molecule is c1ccc(-c2cccc(-c3nc(-c4ccc(-c5nc(-c6cccc(-c7ccccc7)c6)c6oc7ccccc7c6n5)cc4)c4oc5ccccc5c4n3)c2)cc1. The maximum atomic E-state index is 6.46. The van der Waals surface area contributed by atoms with Gasteiger partial charge in [0.2, 0.25) is 0 Å². The van der Waals surface area contributed by atoms with E-state index in [1.165, 1.54) is 0 Å². The second-order valence-electron chi connectivity index (χ2n) is 13.8.